The predicted molar refractivity (Wildman–Crippen MR) is 125 cm³/mol. The second-order valence-corrected chi connectivity index (χ2v) is 9.09. The highest BCUT2D eigenvalue weighted by atomic mass is 35.5. The van der Waals surface area contributed by atoms with Crippen molar-refractivity contribution in [2.45, 2.75) is 32.6 Å². The van der Waals surface area contributed by atoms with Crippen LogP contribution in [0, 0.1) is 0 Å². The molecule has 0 atom stereocenters. The van der Waals surface area contributed by atoms with Gasteiger partial charge in [-0.25, -0.2) is 0 Å². The standard InChI is InChI=1S/C22H30ClN3O4S/c1-15-20(31-12-11-30-15)22(28)25-18-14-19(29-2)16(13-17(18)23)21(27)24-7-6-10-26-8-4-3-5-9-26/h13-14H,3-12H2,1-2H3,(H,24,27)(H,25,28). The third-order valence-corrected chi connectivity index (χ3v) is 6.79. The molecule has 0 radical (unpaired) electrons. The number of thioether (sulfide) groups is 1. The summed E-state index contributed by atoms with van der Waals surface area (Å²) in [7, 11) is 1.49. The zero-order valence-electron chi connectivity index (χ0n) is 18.1. The van der Waals surface area contributed by atoms with Gasteiger partial charge in [-0.15, -0.1) is 11.8 Å². The molecule has 1 aromatic carbocycles. The van der Waals surface area contributed by atoms with E-state index in [1.165, 1.54) is 44.2 Å². The molecule has 0 bridgehead atoms. The summed E-state index contributed by atoms with van der Waals surface area (Å²) < 4.78 is 10.8. The van der Waals surface area contributed by atoms with E-state index < -0.39 is 0 Å². The fraction of sp³-hybridized carbons (Fsp3) is 0.545. The largest absolute Gasteiger partial charge is 0.496 e. The van der Waals surface area contributed by atoms with Gasteiger partial charge in [0.05, 0.1) is 30.0 Å². The number of amides is 2. The third kappa shape index (κ3) is 6.54. The van der Waals surface area contributed by atoms with Gasteiger partial charge in [-0.1, -0.05) is 18.0 Å². The summed E-state index contributed by atoms with van der Waals surface area (Å²) in [6.07, 6.45) is 4.72. The zero-order chi connectivity index (χ0) is 22.2. The summed E-state index contributed by atoms with van der Waals surface area (Å²) in [6, 6.07) is 3.11. The van der Waals surface area contributed by atoms with Crippen LogP contribution in [0.3, 0.4) is 0 Å². The number of rotatable bonds is 8. The summed E-state index contributed by atoms with van der Waals surface area (Å²) in [6.45, 7) is 6.21. The highest BCUT2D eigenvalue weighted by Crippen LogP contribution is 2.33. The number of nitrogens with one attached hydrogen (secondary N) is 2. The van der Waals surface area contributed by atoms with Crippen molar-refractivity contribution in [2.75, 3.05) is 51.0 Å². The first-order valence-electron chi connectivity index (χ1n) is 10.7. The molecule has 2 aliphatic rings. The Bertz CT molecular complexity index is 840. The molecule has 0 unspecified atom stereocenters. The Hall–Kier alpha value is -1.90. The molecule has 170 valence electrons. The van der Waals surface area contributed by atoms with E-state index in [9.17, 15) is 9.59 Å². The number of allylic oxidation sites excluding steroid dienone is 1. The molecule has 31 heavy (non-hydrogen) atoms. The number of carbonyl (C=O) groups is 2. The van der Waals surface area contributed by atoms with Gasteiger partial charge in [-0.2, -0.15) is 0 Å². The van der Waals surface area contributed by atoms with E-state index >= 15 is 0 Å². The Kier molecular flexibility index (Phi) is 8.92. The molecule has 7 nitrogen and oxygen atoms in total. The number of likely N-dealkylation sites (tertiary alicyclic amines) is 1. The first-order chi connectivity index (χ1) is 15.0. The first kappa shape index (κ1) is 23.8. The van der Waals surface area contributed by atoms with Crippen molar-refractivity contribution in [3.63, 3.8) is 0 Å². The number of hydrogen-bond acceptors (Lipinski definition) is 6. The van der Waals surface area contributed by atoms with Gasteiger partial charge in [0, 0.05) is 18.4 Å². The molecule has 1 fully saturated rings. The van der Waals surface area contributed by atoms with Gasteiger partial charge in [0.25, 0.3) is 11.8 Å². The SMILES string of the molecule is COc1cc(NC(=O)C2=C(C)OCCS2)c(Cl)cc1C(=O)NCCCN1CCCCC1. The van der Waals surface area contributed by atoms with Crippen LogP contribution in [0.1, 0.15) is 43.0 Å². The van der Waals surface area contributed by atoms with Crippen LogP contribution < -0.4 is 15.4 Å². The van der Waals surface area contributed by atoms with E-state index in [-0.39, 0.29) is 16.8 Å². The lowest BCUT2D eigenvalue weighted by Gasteiger charge is -2.26. The van der Waals surface area contributed by atoms with E-state index in [1.54, 1.807) is 13.0 Å². The van der Waals surface area contributed by atoms with Crippen molar-refractivity contribution in [1.29, 1.82) is 0 Å². The fourth-order valence-corrected chi connectivity index (χ4v) is 4.71. The van der Waals surface area contributed by atoms with Crippen LogP contribution in [0.25, 0.3) is 0 Å². The highest BCUT2D eigenvalue weighted by molar-refractivity contribution is 8.04. The molecular weight excluding hydrogens is 438 g/mol. The number of halogens is 1. The van der Waals surface area contributed by atoms with Gasteiger partial charge >= 0.3 is 0 Å². The Morgan fingerprint density at radius 1 is 1.23 bits per heavy atom. The van der Waals surface area contributed by atoms with Gasteiger partial charge in [0.1, 0.15) is 16.4 Å². The minimum absolute atomic E-state index is 0.245. The molecule has 9 heteroatoms. The Labute approximate surface area is 192 Å². The summed E-state index contributed by atoms with van der Waals surface area (Å²) >= 11 is 7.82. The smallest absolute Gasteiger partial charge is 0.265 e. The Balaban J connectivity index is 1.60. The molecule has 0 aromatic heterocycles. The van der Waals surface area contributed by atoms with Crippen LogP contribution in [-0.4, -0.2) is 62.4 Å². The average Bonchev–Trinajstić information content (AvgIpc) is 2.78. The molecule has 2 N–H and O–H groups in total. The molecule has 3 rings (SSSR count). The van der Waals surface area contributed by atoms with Crippen LogP contribution in [0.15, 0.2) is 22.8 Å². The third-order valence-electron chi connectivity index (χ3n) is 5.34. The summed E-state index contributed by atoms with van der Waals surface area (Å²) in [5.74, 6) is 1.13. The number of piperidine rings is 1. The predicted octanol–water partition coefficient (Wildman–Crippen LogP) is 3.89. The van der Waals surface area contributed by atoms with Crippen LogP contribution in [-0.2, 0) is 9.53 Å². The fourth-order valence-electron chi connectivity index (χ4n) is 3.69. The molecule has 2 amide bonds. The van der Waals surface area contributed by atoms with Crippen molar-refractivity contribution < 1.29 is 19.1 Å². The number of anilines is 1. The monoisotopic (exact) mass is 467 g/mol. The number of ether oxygens (including phenoxy) is 2. The summed E-state index contributed by atoms with van der Waals surface area (Å²) in [5.41, 5.74) is 0.728. The Morgan fingerprint density at radius 2 is 2.00 bits per heavy atom. The van der Waals surface area contributed by atoms with E-state index in [4.69, 9.17) is 21.1 Å². The van der Waals surface area contributed by atoms with E-state index in [0.717, 1.165) is 26.1 Å². The number of hydrogen-bond donors (Lipinski definition) is 2. The molecule has 2 heterocycles. The molecule has 1 aromatic rings. The maximum absolute atomic E-state index is 12.7. The van der Waals surface area contributed by atoms with Crippen LogP contribution in [0.4, 0.5) is 5.69 Å². The van der Waals surface area contributed by atoms with Crippen LogP contribution in [0.2, 0.25) is 5.02 Å². The minimum atomic E-state index is -0.291. The zero-order valence-corrected chi connectivity index (χ0v) is 19.7. The second-order valence-electron chi connectivity index (χ2n) is 7.58. The van der Waals surface area contributed by atoms with Crippen molar-refractivity contribution >= 4 is 40.9 Å². The minimum Gasteiger partial charge on any atom is -0.496 e. The first-order valence-corrected chi connectivity index (χ1v) is 12.0. The van der Waals surface area contributed by atoms with Gasteiger partial charge in [-0.3, -0.25) is 9.59 Å². The average molecular weight is 468 g/mol. The van der Waals surface area contributed by atoms with Gasteiger partial charge in [-0.05, 0) is 51.9 Å². The molecule has 1 saturated heterocycles. The lowest BCUT2D eigenvalue weighted by Crippen LogP contribution is -2.33. The number of nitrogens with zero attached hydrogens (tertiary/aromatic N) is 1. The van der Waals surface area contributed by atoms with Crippen molar-refractivity contribution in [3.8, 4) is 5.75 Å². The van der Waals surface area contributed by atoms with Gasteiger partial charge in [0.2, 0.25) is 0 Å². The molecule has 0 saturated carbocycles. The van der Waals surface area contributed by atoms with Gasteiger partial charge in [0.15, 0.2) is 0 Å². The molecule has 2 aliphatic heterocycles. The molecular formula is C22H30ClN3O4S. The van der Waals surface area contributed by atoms with Crippen LogP contribution >= 0.6 is 23.4 Å². The van der Waals surface area contributed by atoms with Crippen LogP contribution in [0.5, 0.6) is 5.75 Å². The number of carbonyl (C=O) groups excluding carboxylic acids is 2. The second kappa shape index (κ2) is 11.6. The molecule has 0 aliphatic carbocycles. The van der Waals surface area contributed by atoms with Crippen molar-refractivity contribution in [2.24, 2.45) is 0 Å². The highest BCUT2D eigenvalue weighted by Gasteiger charge is 2.22. The number of benzene rings is 1. The van der Waals surface area contributed by atoms with Gasteiger partial charge < -0.3 is 25.0 Å². The lowest BCUT2D eigenvalue weighted by molar-refractivity contribution is -0.112. The normalized spacial score (nSPS) is 17.1. The molecule has 0 spiro atoms. The van der Waals surface area contributed by atoms with E-state index in [2.05, 4.69) is 15.5 Å². The van der Waals surface area contributed by atoms with E-state index in [0.29, 0.717) is 46.6 Å². The summed E-state index contributed by atoms with van der Waals surface area (Å²) in [5, 5.41) is 6.00. The lowest BCUT2D eigenvalue weighted by atomic mass is 10.1. The maximum Gasteiger partial charge on any atom is 0.265 e. The maximum atomic E-state index is 12.7. The quantitative estimate of drug-likeness (QED) is 0.564. The van der Waals surface area contributed by atoms with Crippen molar-refractivity contribution in [3.05, 3.63) is 33.4 Å². The van der Waals surface area contributed by atoms with Crippen molar-refractivity contribution in [1.82, 2.24) is 10.2 Å². The Morgan fingerprint density at radius 3 is 2.71 bits per heavy atom. The topological polar surface area (TPSA) is 79.9 Å². The van der Waals surface area contributed by atoms with E-state index in [1.807, 2.05) is 0 Å². The number of methoxy groups -OCH3 is 1. The summed E-state index contributed by atoms with van der Waals surface area (Å²) in [4.78, 5) is 28.2.